The third kappa shape index (κ3) is 4.63. The molecule has 0 amide bonds. The molecule has 2 rings (SSSR count). The predicted molar refractivity (Wildman–Crippen MR) is 86.3 cm³/mol. The molecule has 0 aliphatic rings. The Hall–Kier alpha value is -2.30. The molecule has 0 unspecified atom stereocenters. The third-order valence-corrected chi connectivity index (χ3v) is 2.62. The highest BCUT2D eigenvalue weighted by Gasteiger charge is 2.07. The summed E-state index contributed by atoms with van der Waals surface area (Å²) < 4.78 is 5.79. The molecule has 0 atom stereocenters. The van der Waals surface area contributed by atoms with E-state index in [2.05, 4.69) is 34.4 Å². The summed E-state index contributed by atoms with van der Waals surface area (Å²) in [5.41, 5.74) is 0.889. The van der Waals surface area contributed by atoms with Crippen LogP contribution < -0.4 is 15.4 Å². The van der Waals surface area contributed by atoms with Crippen LogP contribution in [0.4, 0.5) is 17.3 Å². The summed E-state index contributed by atoms with van der Waals surface area (Å²) in [5.74, 6) is 2.34. The van der Waals surface area contributed by atoms with Gasteiger partial charge in [-0.1, -0.05) is 12.1 Å². The van der Waals surface area contributed by atoms with Crippen molar-refractivity contribution in [1.29, 1.82) is 0 Å². The molecule has 0 saturated carbocycles. The van der Waals surface area contributed by atoms with Gasteiger partial charge in [-0.25, -0.2) is 9.97 Å². The van der Waals surface area contributed by atoms with Crippen LogP contribution in [-0.4, -0.2) is 22.1 Å². The van der Waals surface area contributed by atoms with E-state index in [0.29, 0.717) is 6.04 Å². The predicted octanol–water partition coefficient (Wildman–Crippen LogP) is 3.83. The van der Waals surface area contributed by atoms with Gasteiger partial charge in [0.05, 0.1) is 11.8 Å². The summed E-state index contributed by atoms with van der Waals surface area (Å²) in [6.45, 7) is 8.15. The van der Waals surface area contributed by atoms with Crippen molar-refractivity contribution < 1.29 is 4.74 Å². The molecule has 5 heteroatoms. The molecule has 0 aliphatic carbocycles. The maximum absolute atomic E-state index is 5.79. The molecule has 21 heavy (non-hydrogen) atoms. The first-order chi connectivity index (χ1) is 10.0. The van der Waals surface area contributed by atoms with Gasteiger partial charge in [0, 0.05) is 12.1 Å². The molecular formula is C16H22N4O. The van der Waals surface area contributed by atoms with E-state index in [1.165, 1.54) is 0 Å². The monoisotopic (exact) mass is 286 g/mol. The molecule has 0 fully saturated rings. The highest BCUT2D eigenvalue weighted by Crippen LogP contribution is 2.27. The average molecular weight is 286 g/mol. The number of ether oxygens (including phenoxy) is 1. The van der Waals surface area contributed by atoms with Gasteiger partial charge < -0.3 is 15.4 Å². The van der Waals surface area contributed by atoms with Crippen molar-refractivity contribution in [3.05, 3.63) is 36.7 Å². The Kier molecular flexibility index (Phi) is 4.98. The first-order valence-electron chi connectivity index (χ1n) is 7.16. The van der Waals surface area contributed by atoms with Gasteiger partial charge in [0.15, 0.2) is 0 Å². The fourth-order valence-corrected chi connectivity index (χ4v) is 1.86. The number of hydrogen-bond donors (Lipinski definition) is 2. The Morgan fingerprint density at radius 1 is 1.00 bits per heavy atom. The number of para-hydroxylation sites is 2. The van der Waals surface area contributed by atoms with E-state index >= 15 is 0 Å². The van der Waals surface area contributed by atoms with Crippen LogP contribution in [0.5, 0.6) is 5.75 Å². The van der Waals surface area contributed by atoms with Crippen LogP contribution in [0.15, 0.2) is 36.7 Å². The van der Waals surface area contributed by atoms with Crippen molar-refractivity contribution in [1.82, 2.24) is 9.97 Å². The highest BCUT2D eigenvalue weighted by molar-refractivity contribution is 5.65. The molecule has 112 valence electrons. The highest BCUT2D eigenvalue weighted by atomic mass is 16.5. The number of aromatic nitrogens is 2. The van der Waals surface area contributed by atoms with Crippen LogP contribution in [-0.2, 0) is 0 Å². The fourth-order valence-electron chi connectivity index (χ4n) is 1.86. The minimum Gasteiger partial charge on any atom is -0.489 e. The van der Waals surface area contributed by atoms with Crippen molar-refractivity contribution in [2.24, 2.45) is 0 Å². The van der Waals surface area contributed by atoms with Crippen LogP contribution in [0.1, 0.15) is 27.7 Å². The normalized spacial score (nSPS) is 10.8. The van der Waals surface area contributed by atoms with E-state index < -0.39 is 0 Å². The first-order valence-corrected chi connectivity index (χ1v) is 7.16. The minimum atomic E-state index is 0.122. The lowest BCUT2D eigenvalue weighted by atomic mass is 10.3. The molecule has 1 aromatic heterocycles. The van der Waals surface area contributed by atoms with Crippen LogP contribution in [0.25, 0.3) is 0 Å². The Morgan fingerprint density at radius 3 is 2.43 bits per heavy atom. The van der Waals surface area contributed by atoms with E-state index in [0.717, 1.165) is 23.1 Å². The van der Waals surface area contributed by atoms with Crippen molar-refractivity contribution in [3.8, 4) is 5.75 Å². The zero-order valence-electron chi connectivity index (χ0n) is 12.9. The summed E-state index contributed by atoms with van der Waals surface area (Å²) in [4.78, 5) is 8.44. The van der Waals surface area contributed by atoms with E-state index in [9.17, 15) is 0 Å². The van der Waals surface area contributed by atoms with E-state index in [1.54, 1.807) is 6.33 Å². The number of rotatable bonds is 6. The van der Waals surface area contributed by atoms with E-state index in [1.807, 2.05) is 44.2 Å². The van der Waals surface area contributed by atoms with Crippen molar-refractivity contribution >= 4 is 17.3 Å². The zero-order chi connectivity index (χ0) is 15.2. The lowest BCUT2D eigenvalue weighted by molar-refractivity contribution is 0.244. The average Bonchev–Trinajstić information content (AvgIpc) is 2.40. The fraction of sp³-hybridized carbons (Fsp3) is 0.375. The lowest BCUT2D eigenvalue weighted by Crippen LogP contribution is -2.11. The smallest absolute Gasteiger partial charge is 0.143 e. The molecule has 0 saturated heterocycles. The Balaban J connectivity index is 2.18. The summed E-state index contributed by atoms with van der Waals surface area (Å²) in [6.07, 6.45) is 1.66. The SMILES string of the molecule is CC(C)Nc1cc(Nc2ccccc2OC(C)C)ncn1. The standard InChI is InChI=1S/C16H22N4O/c1-11(2)19-15-9-16(18-10-17-15)20-13-7-5-6-8-14(13)21-12(3)4/h5-12H,1-4H3,(H2,17,18,19,20). The lowest BCUT2D eigenvalue weighted by Gasteiger charge is -2.15. The van der Waals surface area contributed by atoms with Crippen molar-refractivity contribution in [2.45, 2.75) is 39.8 Å². The molecule has 1 aromatic carbocycles. The Labute approximate surface area is 125 Å². The van der Waals surface area contributed by atoms with Gasteiger partial charge in [-0.05, 0) is 39.8 Å². The second-order valence-electron chi connectivity index (χ2n) is 5.38. The quantitative estimate of drug-likeness (QED) is 0.845. The van der Waals surface area contributed by atoms with Gasteiger partial charge >= 0.3 is 0 Å². The maximum Gasteiger partial charge on any atom is 0.143 e. The number of nitrogens with one attached hydrogen (secondary N) is 2. The topological polar surface area (TPSA) is 59.1 Å². The van der Waals surface area contributed by atoms with Crippen LogP contribution in [0, 0.1) is 0 Å². The molecule has 0 bridgehead atoms. The molecular weight excluding hydrogens is 264 g/mol. The Bertz CT molecular complexity index is 584. The van der Waals surface area contributed by atoms with Crippen LogP contribution in [0.2, 0.25) is 0 Å². The Morgan fingerprint density at radius 2 is 1.71 bits per heavy atom. The zero-order valence-corrected chi connectivity index (χ0v) is 12.9. The number of nitrogens with zero attached hydrogens (tertiary/aromatic N) is 2. The summed E-state index contributed by atoms with van der Waals surface area (Å²) in [5, 5.41) is 6.53. The molecule has 2 aromatic rings. The first kappa shape index (κ1) is 15.1. The van der Waals surface area contributed by atoms with Gasteiger partial charge in [0.1, 0.15) is 23.7 Å². The second-order valence-corrected chi connectivity index (χ2v) is 5.38. The summed E-state index contributed by atoms with van der Waals surface area (Å²) in [7, 11) is 0. The van der Waals surface area contributed by atoms with Gasteiger partial charge in [-0.2, -0.15) is 0 Å². The minimum absolute atomic E-state index is 0.122. The molecule has 0 radical (unpaired) electrons. The number of anilines is 3. The van der Waals surface area contributed by atoms with Gasteiger partial charge in [-0.3, -0.25) is 0 Å². The van der Waals surface area contributed by atoms with Crippen LogP contribution >= 0.6 is 0 Å². The van der Waals surface area contributed by atoms with Crippen molar-refractivity contribution in [3.63, 3.8) is 0 Å². The largest absolute Gasteiger partial charge is 0.489 e. The summed E-state index contributed by atoms with van der Waals surface area (Å²) >= 11 is 0. The van der Waals surface area contributed by atoms with Gasteiger partial charge in [-0.15, -0.1) is 0 Å². The van der Waals surface area contributed by atoms with Gasteiger partial charge in [0.25, 0.3) is 0 Å². The molecule has 0 aliphatic heterocycles. The van der Waals surface area contributed by atoms with Crippen LogP contribution in [0.3, 0.4) is 0 Å². The molecule has 0 spiro atoms. The van der Waals surface area contributed by atoms with Crippen molar-refractivity contribution in [2.75, 3.05) is 10.6 Å². The van der Waals surface area contributed by atoms with Gasteiger partial charge in [0.2, 0.25) is 0 Å². The van der Waals surface area contributed by atoms with E-state index in [4.69, 9.17) is 4.74 Å². The molecule has 1 heterocycles. The number of hydrogen-bond acceptors (Lipinski definition) is 5. The molecule has 2 N–H and O–H groups in total. The third-order valence-electron chi connectivity index (χ3n) is 2.62. The summed E-state index contributed by atoms with van der Waals surface area (Å²) in [6, 6.07) is 10.0. The maximum atomic E-state index is 5.79. The number of benzene rings is 1. The van der Waals surface area contributed by atoms with E-state index in [-0.39, 0.29) is 6.10 Å². The molecule has 5 nitrogen and oxygen atoms in total. The second kappa shape index (κ2) is 6.92.